The molecule has 2 heterocycles. The van der Waals surface area contributed by atoms with E-state index in [1.807, 2.05) is 52.1 Å². The SMILES string of the molecule is Cc1nc(-c2ccccn2)cn1N(CC1CC1)C(=O)OC(C)(C)C. The molecule has 0 aliphatic heterocycles. The van der Waals surface area contributed by atoms with E-state index in [1.54, 1.807) is 15.9 Å². The largest absolute Gasteiger partial charge is 0.442 e. The number of carbonyl (C=O) groups is 1. The van der Waals surface area contributed by atoms with Crippen molar-refractivity contribution >= 4 is 6.09 Å². The number of nitrogens with zero attached hydrogens (tertiary/aromatic N) is 4. The zero-order valence-electron chi connectivity index (χ0n) is 14.7. The Bertz CT molecular complexity index is 714. The molecule has 1 aliphatic rings. The summed E-state index contributed by atoms with van der Waals surface area (Å²) in [5.41, 5.74) is 1.00. The second-order valence-electron chi connectivity index (χ2n) is 7.24. The lowest BCUT2D eigenvalue weighted by Gasteiger charge is -2.28. The number of rotatable bonds is 4. The molecule has 3 rings (SSSR count). The molecule has 6 nitrogen and oxygen atoms in total. The lowest BCUT2D eigenvalue weighted by molar-refractivity contribution is 0.0534. The average Bonchev–Trinajstić information content (AvgIpc) is 3.25. The fourth-order valence-electron chi connectivity index (χ4n) is 2.46. The molecule has 0 radical (unpaired) electrons. The third kappa shape index (κ3) is 3.93. The van der Waals surface area contributed by atoms with Crippen LogP contribution in [-0.2, 0) is 4.74 Å². The first-order chi connectivity index (χ1) is 11.3. The van der Waals surface area contributed by atoms with Crippen LogP contribution in [0.5, 0.6) is 0 Å². The van der Waals surface area contributed by atoms with Gasteiger partial charge in [-0.3, -0.25) is 4.98 Å². The second-order valence-corrected chi connectivity index (χ2v) is 7.24. The van der Waals surface area contributed by atoms with Crippen molar-refractivity contribution in [1.82, 2.24) is 14.6 Å². The minimum atomic E-state index is -0.531. The maximum absolute atomic E-state index is 12.7. The number of imidazole rings is 1. The van der Waals surface area contributed by atoms with Gasteiger partial charge in [-0.1, -0.05) is 6.07 Å². The monoisotopic (exact) mass is 328 g/mol. The Morgan fingerprint density at radius 3 is 2.67 bits per heavy atom. The number of aromatic nitrogens is 3. The van der Waals surface area contributed by atoms with E-state index >= 15 is 0 Å². The molecule has 0 unspecified atom stereocenters. The van der Waals surface area contributed by atoms with Crippen LogP contribution in [0.3, 0.4) is 0 Å². The standard InChI is InChI=1S/C18H24N4O2/c1-13-20-16(15-7-5-6-10-19-15)12-21(13)22(11-14-8-9-14)17(23)24-18(2,3)4/h5-7,10,12,14H,8-9,11H2,1-4H3. The van der Waals surface area contributed by atoms with E-state index in [0.29, 0.717) is 12.5 Å². The van der Waals surface area contributed by atoms with Crippen LogP contribution in [0.15, 0.2) is 30.6 Å². The number of amides is 1. The highest BCUT2D eigenvalue weighted by Gasteiger charge is 2.31. The second kappa shape index (κ2) is 6.26. The molecule has 1 aliphatic carbocycles. The molecule has 1 saturated carbocycles. The van der Waals surface area contributed by atoms with E-state index in [9.17, 15) is 4.79 Å². The van der Waals surface area contributed by atoms with Crippen molar-refractivity contribution in [1.29, 1.82) is 0 Å². The number of ether oxygens (including phenoxy) is 1. The predicted octanol–water partition coefficient (Wildman–Crippen LogP) is 3.54. The molecule has 2 aromatic heterocycles. The van der Waals surface area contributed by atoms with E-state index < -0.39 is 5.60 Å². The smallest absolute Gasteiger partial charge is 0.429 e. The molecule has 0 N–H and O–H groups in total. The van der Waals surface area contributed by atoms with Crippen molar-refractivity contribution in [3.05, 3.63) is 36.4 Å². The molecule has 128 valence electrons. The first kappa shape index (κ1) is 16.5. The Labute approximate surface area is 142 Å². The van der Waals surface area contributed by atoms with Crippen LogP contribution in [0.4, 0.5) is 4.79 Å². The predicted molar refractivity (Wildman–Crippen MR) is 92.2 cm³/mol. The van der Waals surface area contributed by atoms with Crippen molar-refractivity contribution in [3.8, 4) is 11.4 Å². The minimum Gasteiger partial charge on any atom is -0.442 e. The summed E-state index contributed by atoms with van der Waals surface area (Å²) in [7, 11) is 0. The number of pyridine rings is 1. The molecule has 0 spiro atoms. The Hall–Kier alpha value is -2.37. The van der Waals surface area contributed by atoms with Crippen molar-refractivity contribution in [2.24, 2.45) is 5.92 Å². The summed E-state index contributed by atoms with van der Waals surface area (Å²) in [4.78, 5) is 21.5. The van der Waals surface area contributed by atoms with Crippen LogP contribution in [0.25, 0.3) is 11.4 Å². The molecular formula is C18H24N4O2. The van der Waals surface area contributed by atoms with E-state index in [-0.39, 0.29) is 6.09 Å². The van der Waals surface area contributed by atoms with Crippen LogP contribution < -0.4 is 5.01 Å². The van der Waals surface area contributed by atoms with E-state index in [0.717, 1.165) is 30.1 Å². The molecule has 6 heteroatoms. The van der Waals surface area contributed by atoms with Gasteiger partial charge in [-0.25, -0.2) is 19.5 Å². The maximum Gasteiger partial charge on any atom is 0.429 e. The van der Waals surface area contributed by atoms with Crippen LogP contribution in [-0.4, -0.2) is 32.9 Å². The van der Waals surface area contributed by atoms with Gasteiger partial charge in [0.05, 0.1) is 11.9 Å². The van der Waals surface area contributed by atoms with E-state index in [2.05, 4.69) is 9.97 Å². The van der Waals surface area contributed by atoms with Crippen LogP contribution in [0.1, 0.15) is 39.4 Å². The fourth-order valence-corrected chi connectivity index (χ4v) is 2.46. The molecule has 0 saturated heterocycles. The fraction of sp³-hybridized carbons (Fsp3) is 0.500. The third-order valence-electron chi connectivity index (χ3n) is 3.78. The lowest BCUT2D eigenvalue weighted by Crippen LogP contribution is -2.45. The lowest BCUT2D eigenvalue weighted by atomic mass is 10.2. The van der Waals surface area contributed by atoms with Gasteiger partial charge in [0.2, 0.25) is 0 Å². The van der Waals surface area contributed by atoms with Crippen molar-refractivity contribution in [2.45, 2.75) is 46.1 Å². The summed E-state index contributed by atoms with van der Waals surface area (Å²) in [6.45, 7) is 8.16. The highest BCUT2D eigenvalue weighted by molar-refractivity contribution is 5.79. The van der Waals surface area contributed by atoms with Gasteiger partial charge in [0.15, 0.2) is 0 Å². The Kier molecular flexibility index (Phi) is 4.30. The van der Waals surface area contributed by atoms with Gasteiger partial charge in [0.1, 0.15) is 17.1 Å². The topological polar surface area (TPSA) is 60.2 Å². The molecular weight excluding hydrogens is 304 g/mol. The van der Waals surface area contributed by atoms with Gasteiger partial charge in [-0.2, -0.15) is 0 Å². The number of carbonyl (C=O) groups excluding carboxylic acids is 1. The highest BCUT2D eigenvalue weighted by Crippen LogP contribution is 2.30. The summed E-state index contributed by atoms with van der Waals surface area (Å²) in [6, 6.07) is 5.70. The first-order valence-corrected chi connectivity index (χ1v) is 8.32. The molecule has 0 aromatic carbocycles. The molecule has 1 amide bonds. The van der Waals surface area contributed by atoms with E-state index in [4.69, 9.17) is 4.74 Å². The Morgan fingerprint density at radius 1 is 1.33 bits per heavy atom. The van der Waals surface area contributed by atoms with Gasteiger partial charge >= 0.3 is 6.09 Å². The van der Waals surface area contributed by atoms with Crippen molar-refractivity contribution in [2.75, 3.05) is 11.6 Å². The summed E-state index contributed by atoms with van der Waals surface area (Å²) in [5, 5.41) is 1.65. The molecule has 24 heavy (non-hydrogen) atoms. The quantitative estimate of drug-likeness (QED) is 0.861. The van der Waals surface area contributed by atoms with Gasteiger partial charge in [0.25, 0.3) is 0 Å². The summed E-state index contributed by atoms with van der Waals surface area (Å²) in [5.74, 6) is 1.28. The van der Waals surface area contributed by atoms with Crippen LogP contribution in [0.2, 0.25) is 0 Å². The maximum atomic E-state index is 12.7. The Balaban J connectivity index is 1.90. The summed E-state index contributed by atoms with van der Waals surface area (Å²) in [6.07, 6.45) is 5.55. The Morgan fingerprint density at radius 2 is 2.08 bits per heavy atom. The van der Waals surface area contributed by atoms with E-state index in [1.165, 1.54) is 0 Å². The van der Waals surface area contributed by atoms with Crippen molar-refractivity contribution in [3.63, 3.8) is 0 Å². The number of hydrogen-bond donors (Lipinski definition) is 0. The molecule has 0 atom stereocenters. The van der Waals surface area contributed by atoms with Gasteiger partial charge in [-0.15, -0.1) is 0 Å². The first-order valence-electron chi connectivity index (χ1n) is 8.32. The normalized spacial score (nSPS) is 14.5. The van der Waals surface area contributed by atoms with Gasteiger partial charge < -0.3 is 4.74 Å². The summed E-state index contributed by atoms with van der Waals surface area (Å²) < 4.78 is 7.36. The van der Waals surface area contributed by atoms with Crippen LogP contribution >= 0.6 is 0 Å². The van der Waals surface area contributed by atoms with Crippen molar-refractivity contribution < 1.29 is 9.53 Å². The molecule has 1 fully saturated rings. The third-order valence-corrected chi connectivity index (χ3v) is 3.78. The number of aryl methyl sites for hydroxylation is 1. The highest BCUT2D eigenvalue weighted by atomic mass is 16.6. The minimum absolute atomic E-state index is 0.345. The molecule has 2 aromatic rings. The molecule has 0 bridgehead atoms. The number of hydrogen-bond acceptors (Lipinski definition) is 4. The van der Waals surface area contributed by atoms with Gasteiger partial charge in [-0.05, 0) is 58.6 Å². The zero-order chi connectivity index (χ0) is 17.3. The van der Waals surface area contributed by atoms with Crippen LogP contribution in [0, 0.1) is 12.8 Å². The average molecular weight is 328 g/mol. The zero-order valence-corrected chi connectivity index (χ0v) is 14.7. The van der Waals surface area contributed by atoms with Gasteiger partial charge in [0, 0.05) is 12.7 Å². The summed E-state index contributed by atoms with van der Waals surface area (Å²) >= 11 is 0.